The molecule has 10 heteroatoms. The summed E-state index contributed by atoms with van der Waals surface area (Å²) in [6, 6.07) is 15.0. The molecule has 3 N–H and O–H groups in total. The summed E-state index contributed by atoms with van der Waals surface area (Å²) < 4.78 is 16.1. The fourth-order valence-corrected chi connectivity index (χ4v) is 4.17. The molecular weight excluding hydrogens is 464 g/mol. The van der Waals surface area contributed by atoms with E-state index in [0.29, 0.717) is 0 Å². The van der Waals surface area contributed by atoms with Crippen LogP contribution in [0.15, 0.2) is 53.1 Å². The van der Waals surface area contributed by atoms with Gasteiger partial charge in [-0.25, -0.2) is 4.79 Å². The lowest BCUT2D eigenvalue weighted by Gasteiger charge is -2.21. The number of nitrogens with zero attached hydrogens (tertiary/aromatic N) is 2. The summed E-state index contributed by atoms with van der Waals surface area (Å²) in [5.74, 6) is -1.37. The molecular formula is C26H28N4O6. The third kappa shape index (κ3) is 5.88. The van der Waals surface area contributed by atoms with Crippen LogP contribution in [0.2, 0.25) is 0 Å². The van der Waals surface area contributed by atoms with Crippen molar-refractivity contribution in [2.24, 2.45) is 5.73 Å². The van der Waals surface area contributed by atoms with Crippen molar-refractivity contribution in [3.63, 3.8) is 0 Å². The van der Waals surface area contributed by atoms with Crippen molar-refractivity contribution in [2.75, 3.05) is 6.61 Å². The lowest BCUT2D eigenvalue weighted by molar-refractivity contribution is -0.155. The Kier molecular flexibility index (Phi) is 7.05. The third-order valence-corrected chi connectivity index (χ3v) is 5.54. The quantitative estimate of drug-likeness (QED) is 0.455. The van der Waals surface area contributed by atoms with Crippen LogP contribution in [0.25, 0.3) is 11.1 Å². The van der Waals surface area contributed by atoms with Crippen LogP contribution in [0.4, 0.5) is 4.79 Å². The normalized spacial score (nSPS) is 13.4. The number of esters is 1. The number of aromatic nitrogens is 2. The predicted molar refractivity (Wildman–Crippen MR) is 129 cm³/mol. The number of hydrogen-bond acceptors (Lipinski definition) is 8. The van der Waals surface area contributed by atoms with E-state index in [4.69, 9.17) is 19.7 Å². The van der Waals surface area contributed by atoms with Gasteiger partial charge >= 0.3 is 12.1 Å². The molecule has 1 atom stereocenters. The number of benzene rings is 2. The number of alkyl carbamates (subject to hydrolysis) is 1. The van der Waals surface area contributed by atoms with Gasteiger partial charge in [-0.3, -0.25) is 9.59 Å². The minimum absolute atomic E-state index is 0.0426. The molecule has 36 heavy (non-hydrogen) atoms. The monoisotopic (exact) mass is 492 g/mol. The number of rotatable bonds is 8. The molecule has 1 heterocycles. The van der Waals surface area contributed by atoms with Crippen molar-refractivity contribution in [1.82, 2.24) is 15.5 Å². The molecule has 0 radical (unpaired) electrons. The summed E-state index contributed by atoms with van der Waals surface area (Å²) in [6.07, 6.45) is -1.28. The van der Waals surface area contributed by atoms with Crippen molar-refractivity contribution in [3.05, 3.63) is 71.4 Å². The number of fused-ring (bicyclic) bond motifs is 3. The van der Waals surface area contributed by atoms with Gasteiger partial charge in [-0.15, -0.1) is 0 Å². The first kappa shape index (κ1) is 24.9. The van der Waals surface area contributed by atoms with Gasteiger partial charge in [0.2, 0.25) is 11.8 Å². The number of nitrogens with one attached hydrogen (secondary N) is 1. The molecule has 2 aromatic carbocycles. The van der Waals surface area contributed by atoms with E-state index in [1.807, 2.05) is 48.5 Å². The molecule has 10 nitrogen and oxygen atoms in total. The van der Waals surface area contributed by atoms with Crippen LogP contribution >= 0.6 is 0 Å². The Bertz CT molecular complexity index is 1230. The highest BCUT2D eigenvalue weighted by Crippen LogP contribution is 2.44. The topological polar surface area (TPSA) is 147 Å². The van der Waals surface area contributed by atoms with Crippen LogP contribution < -0.4 is 11.1 Å². The first-order chi connectivity index (χ1) is 17.1. The van der Waals surface area contributed by atoms with Crippen molar-refractivity contribution in [1.29, 1.82) is 0 Å². The van der Waals surface area contributed by atoms with E-state index in [0.717, 1.165) is 22.3 Å². The summed E-state index contributed by atoms with van der Waals surface area (Å²) in [4.78, 5) is 40.6. The van der Waals surface area contributed by atoms with E-state index < -0.39 is 29.6 Å². The van der Waals surface area contributed by atoms with Gasteiger partial charge in [0.25, 0.3) is 0 Å². The third-order valence-electron chi connectivity index (χ3n) is 5.54. The minimum atomic E-state index is -1.02. The molecule has 0 unspecified atom stereocenters. The maximum atomic E-state index is 12.8. The number of carbonyl (C=O) groups excluding carboxylic acids is 3. The molecule has 188 valence electrons. The van der Waals surface area contributed by atoms with Crippen molar-refractivity contribution >= 4 is 18.0 Å². The van der Waals surface area contributed by atoms with Gasteiger partial charge in [0.15, 0.2) is 5.82 Å². The zero-order chi connectivity index (χ0) is 25.9. The Morgan fingerprint density at radius 3 is 2.25 bits per heavy atom. The fraction of sp³-hybridized carbons (Fsp3) is 0.346. The summed E-state index contributed by atoms with van der Waals surface area (Å²) >= 11 is 0. The number of hydrogen-bond donors (Lipinski definition) is 2. The molecule has 1 aliphatic rings. The van der Waals surface area contributed by atoms with Gasteiger partial charge in [0.05, 0.1) is 12.8 Å². The Morgan fingerprint density at radius 1 is 1.06 bits per heavy atom. The van der Waals surface area contributed by atoms with Gasteiger partial charge in [-0.1, -0.05) is 53.7 Å². The van der Waals surface area contributed by atoms with E-state index in [1.165, 1.54) is 0 Å². The lowest BCUT2D eigenvalue weighted by Crippen LogP contribution is -2.34. The van der Waals surface area contributed by atoms with Crippen molar-refractivity contribution < 1.29 is 28.4 Å². The number of ether oxygens (including phenoxy) is 2. The highest BCUT2D eigenvalue weighted by Gasteiger charge is 2.31. The molecule has 1 aromatic heterocycles. The Morgan fingerprint density at radius 2 is 1.67 bits per heavy atom. The lowest BCUT2D eigenvalue weighted by atomic mass is 9.98. The van der Waals surface area contributed by atoms with Crippen LogP contribution in [0.3, 0.4) is 0 Å². The summed E-state index contributed by atoms with van der Waals surface area (Å²) in [5, 5.41) is 6.31. The SMILES string of the molecule is CC(C)(C)OC(=O)C[C@@H](NC(=O)OCC1c2ccccc2-c2ccccc21)c1nc(CC(N)=O)no1. The Hall–Kier alpha value is -4.21. The van der Waals surface area contributed by atoms with E-state index in [9.17, 15) is 14.4 Å². The predicted octanol–water partition coefficient (Wildman–Crippen LogP) is 3.41. The molecule has 2 amide bonds. The summed E-state index contributed by atoms with van der Waals surface area (Å²) in [5.41, 5.74) is 8.82. The van der Waals surface area contributed by atoms with E-state index in [1.54, 1.807) is 20.8 Å². The molecule has 4 rings (SSSR count). The van der Waals surface area contributed by atoms with Gasteiger partial charge in [-0.2, -0.15) is 4.98 Å². The van der Waals surface area contributed by atoms with Crippen molar-refractivity contribution in [2.45, 2.75) is 51.2 Å². The maximum Gasteiger partial charge on any atom is 0.407 e. The van der Waals surface area contributed by atoms with Crippen LogP contribution in [-0.2, 0) is 25.5 Å². The first-order valence-electron chi connectivity index (χ1n) is 11.5. The second kappa shape index (κ2) is 10.2. The van der Waals surface area contributed by atoms with E-state index in [-0.39, 0.29) is 37.1 Å². The smallest absolute Gasteiger partial charge is 0.407 e. The molecule has 0 bridgehead atoms. The van der Waals surface area contributed by atoms with Crippen LogP contribution in [-0.4, -0.2) is 40.3 Å². The van der Waals surface area contributed by atoms with E-state index >= 15 is 0 Å². The first-order valence-corrected chi connectivity index (χ1v) is 11.5. The van der Waals surface area contributed by atoms with Gasteiger partial charge in [0, 0.05) is 5.92 Å². The zero-order valence-corrected chi connectivity index (χ0v) is 20.3. The average molecular weight is 493 g/mol. The number of primary amides is 1. The number of amides is 2. The maximum absolute atomic E-state index is 12.8. The number of carbonyl (C=O) groups is 3. The molecule has 0 spiro atoms. The minimum Gasteiger partial charge on any atom is -0.460 e. The molecule has 1 aliphatic carbocycles. The largest absolute Gasteiger partial charge is 0.460 e. The number of nitrogens with two attached hydrogens (primary N) is 1. The highest BCUT2D eigenvalue weighted by atomic mass is 16.6. The molecule has 0 saturated carbocycles. The molecule has 0 fully saturated rings. The van der Waals surface area contributed by atoms with Crippen LogP contribution in [0.5, 0.6) is 0 Å². The molecule has 0 aliphatic heterocycles. The Labute approximate surface area is 208 Å². The summed E-state index contributed by atoms with van der Waals surface area (Å²) in [6.45, 7) is 5.29. The standard InChI is InChI=1S/C26H28N4O6/c1-26(2,3)35-23(32)12-20(24-29-22(30-36-24)13-21(27)31)28-25(33)34-14-19-17-10-6-4-8-15(17)16-9-5-7-11-18(16)19/h4-11,19-20H,12-14H2,1-3H3,(H2,27,31)(H,28,33)/t20-/m1/s1. The van der Waals surface area contributed by atoms with Gasteiger partial charge < -0.3 is 25.0 Å². The zero-order valence-electron chi connectivity index (χ0n) is 20.3. The second-order valence-corrected chi connectivity index (χ2v) is 9.50. The second-order valence-electron chi connectivity index (χ2n) is 9.50. The van der Waals surface area contributed by atoms with Crippen LogP contribution in [0, 0.1) is 0 Å². The average Bonchev–Trinajstić information content (AvgIpc) is 3.38. The summed E-state index contributed by atoms with van der Waals surface area (Å²) in [7, 11) is 0. The fourth-order valence-electron chi connectivity index (χ4n) is 4.17. The van der Waals surface area contributed by atoms with Gasteiger partial charge in [0.1, 0.15) is 18.2 Å². The van der Waals surface area contributed by atoms with E-state index in [2.05, 4.69) is 15.5 Å². The van der Waals surface area contributed by atoms with Crippen LogP contribution in [0.1, 0.15) is 62.0 Å². The Balaban J connectivity index is 1.47. The van der Waals surface area contributed by atoms with Gasteiger partial charge in [-0.05, 0) is 43.0 Å². The highest BCUT2D eigenvalue weighted by molar-refractivity contribution is 5.79. The molecule has 0 saturated heterocycles. The molecule has 3 aromatic rings. The van der Waals surface area contributed by atoms with Crippen molar-refractivity contribution in [3.8, 4) is 11.1 Å².